The molecule has 0 radical (unpaired) electrons. The summed E-state index contributed by atoms with van der Waals surface area (Å²) < 4.78 is 0. The van der Waals surface area contributed by atoms with Crippen LogP contribution < -0.4 is 16.8 Å². The molecule has 0 saturated carbocycles. The molecule has 2 amide bonds. The van der Waals surface area contributed by atoms with Crippen LogP contribution in [0.15, 0.2) is 0 Å². The van der Waals surface area contributed by atoms with Gasteiger partial charge >= 0.3 is 5.97 Å². The zero-order valence-corrected chi connectivity index (χ0v) is 8.40. The van der Waals surface area contributed by atoms with Gasteiger partial charge in [-0.25, -0.2) is 4.79 Å². The van der Waals surface area contributed by atoms with E-state index in [9.17, 15) is 14.4 Å². The van der Waals surface area contributed by atoms with E-state index < -0.39 is 29.9 Å². The number of hydrogen-bond donors (Lipinski definition) is 4. The zero-order valence-electron chi connectivity index (χ0n) is 8.40. The van der Waals surface area contributed by atoms with Crippen LogP contribution in [-0.4, -0.2) is 35.0 Å². The Morgan fingerprint density at radius 2 is 1.93 bits per heavy atom. The van der Waals surface area contributed by atoms with E-state index >= 15 is 0 Å². The van der Waals surface area contributed by atoms with Crippen LogP contribution in [0, 0.1) is 0 Å². The number of rotatable bonds is 6. The lowest BCUT2D eigenvalue weighted by Gasteiger charge is -2.14. The fraction of sp³-hybridized carbons (Fsp3) is 0.625. The van der Waals surface area contributed by atoms with Crippen molar-refractivity contribution in [1.82, 2.24) is 5.32 Å². The minimum absolute atomic E-state index is 0.0386. The first-order valence-electron chi connectivity index (χ1n) is 4.41. The third-order valence-electron chi connectivity index (χ3n) is 1.71. The monoisotopic (exact) mass is 217 g/mol. The highest BCUT2D eigenvalue weighted by molar-refractivity contribution is 5.86. The number of nitrogens with one attached hydrogen (secondary N) is 1. The van der Waals surface area contributed by atoms with Crippen molar-refractivity contribution in [2.75, 3.05) is 0 Å². The Morgan fingerprint density at radius 3 is 2.27 bits per heavy atom. The molecule has 86 valence electrons. The van der Waals surface area contributed by atoms with Crippen molar-refractivity contribution in [3.63, 3.8) is 0 Å². The van der Waals surface area contributed by atoms with Gasteiger partial charge in [0.25, 0.3) is 0 Å². The number of nitrogens with two attached hydrogens (primary N) is 2. The molecule has 0 fully saturated rings. The van der Waals surface area contributed by atoms with Crippen molar-refractivity contribution < 1.29 is 19.5 Å². The molecule has 0 aromatic carbocycles. The van der Waals surface area contributed by atoms with Crippen molar-refractivity contribution in [2.45, 2.75) is 31.8 Å². The molecule has 0 aliphatic heterocycles. The first-order valence-corrected chi connectivity index (χ1v) is 4.41. The first kappa shape index (κ1) is 13.4. The Labute approximate surface area is 86.8 Å². The predicted octanol–water partition coefficient (Wildman–Crippen LogP) is -1.83. The molecule has 0 aliphatic carbocycles. The molecule has 0 bridgehead atoms. The van der Waals surface area contributed by atoms with Crippen LogP contribution in [-0.2, 0) is 14.4 Å². The molecule has 0 aliphatic rings. The van der Waals surface area contributed by atoms with E-state index in [0.717, 1.165) is 0 Å². The molecular weight excluding hydrogens is 202 g/mol. The predicted molar refractivity (Wildman–Crippen MR) is 51.6 cm³/mol. The third-order valence-corrected chi connectivity index (χ3v) is 1.71. The number of aliphatic carboxylic acids is 1. The van der Waals surface area contributed by atoms with Gasteiger partial charge in [0.1, 0.15) is 6.04 Å². The van der Waals surface area contributed by atoms with E-state index in [0.29, 0.717) is 0 Å². The maximum absolute atomic E-state index is 11.1. The van der Waals surface area contributed by atoms with Gasteiger partial charge in [0, 0.05) is 6.42 Å². The average molecular weight is 217 g/mol. The summed E-state index contributed by atoms with van der Waals surface area (Å²) in [6.45, 7) is 1.43. The van der Waals surface area contributed by atoms with Crippen LogP contribution in [0.5, 0.6) is 0 Å². The third kappa shape index (κ3) is 5.63. The first-order chi connectivity index (χ1) is 6.84. The van der Waals surface area contributed by atoms with E-state index in [2.05, 4.69) is 5.32 Å². The van der Waals surface area contributed by atoms with Gasteiger partial charge in [-0.05, 0) is 13.3 Å². The molecule has 0 aromatic rings. The fourth-order valence-electron chi connectivity index (χ4n) is 0.847. The van der Waals surface area contributed by atoms with Crippen LogP contribution in [0.25, 0.3) is 0 Å². The van der Waals surface area contributed by atoms with E-state index in [4.69, 9.17) is 16.6 Å². The molecule has 0 aromatic heterocycles. The molecule has 2 atom stereocenters. The van der Waals surface area contributed by atoms with Crippen molar-refractivity contribution in [3.05, 3.63) is 0 Å². The van der Waals surface area contributed by atoms with Gasteiger partial charge in [-0.3, -0.25) is 9.59 Å². The van der Waals surface area contributed by atoms with Crippen LogP contribution in [0.1, 0.15) is 19.8 Å². The van der Waals surface area contributed by atoms with Gasteiger partial charge in [0.05, 0.1) is 6.04 Å². The minimum atomic E-state index is -1.22. The number of hydrogen-bond acceptors (Lipinski definition) is 4. The highest BCUT2D eigenvalue weighted by atomic mass is 16.4. The number of carboxylic acid groups (broad SMARTS) is 1. The number of primary amides is 1. The maximum Gasteiger partial charge on any atom is 0.326 e. The normalized spacial score (nSPS) is 14.0. The topological polar surface area (TPSA) is 136 Å². The minimum Gasteiger partial charge on any atom is -0.480 e. The summed E-state index contributed by atoms with van der Waals surface area (Å²) in [6, 6.07) is -1.92. The molecule has 0 spiro atoms. The van der Waals surface area contributed by atoms with Gasteiger partial charge in [-0.15, -0.1) is 0 Å². The second kappa shape index (κ2) is 5.97. The van der Waals surface area contributed by atoms with Crippen LogP contribution in [0.4, 0.5) is 0 Å². The number of carbonyl (C=O) groups is 3. The van der Waals surface area contributed by atoms with Gasteiger partial charge in [0.2, 0.25) is 11.8 Å². The van der Waals surface area contributed by atoms with E-state index in [1.807, 2.05) is 0 Å². The second-order valence-electron chi connectivity index (χ2n) is 3.19. The van der Waals surface area contributed by atoms with Crippen LogP contribution in [0.2, 0.25) is 0 Å². The lowest BCUT2D eigenvalue weighted by Crippen LogP contribution is -2.47. The van der Waals surface area contributed by atoms with E-state index in [-0.39, 0.29) is 12.8 Å². The molecule has 0 rings (SSSR count). The summed E-state index contributed by atoms with van der Waals surface area (Å²) in [5.41, 5.74) is 10.1. The van der Waals surface area contributed by atoms with Crippen molar-refractivity contribution in [3.8, 4) is 0 Å². The summed E-state index contributed by atoms with van der Waals surface area (Å²) in [7, 11) is 0. The Morgan fingerprint density at radius 1 is 1.40 bits per heavy atom. The molecule has 0 saturated heterocycles. The number of amides is 2. The molecule has 15 heavy (non-hydrogen) atoms. The highest BCUT2D eigenvalue weighted by Crippen LogP contribution is 1.97. The quantitative estimate of drug-likeness (QED) is 0.415. The summed E-state index contributed by atoms with van der Waals surface area (Å²) in [5.74, 6) is -2.41. The summed E-state index contributed by atoms with van der Waals surface area (Å²) in [5, 5.41) is 10.9. The lowest BCUT2D eigenvalue weighted by molar-refractivity contribution is -0.142. The van der Waals surface area contributed by atoms with Gasteiger partial charge in [0.15, 0.2) is 0 Å². The number of carboxylic acids is 1. The van der Waals surface area contributed by atoms with Crippen molar-refractivity contribution in [2.24, 2.45) is 11.5 Å². The molecule has 7 nitrogen and oxygen atoms in total. The highest BCUT2D eigenvalue weighted by Gasteiger charge is 2.21. The van der Waals surface area contributed by atoms with Gasteiger partial charge in [-0.1, -0.05) is 0 Å². The standard InChI is InChI=1S/C8H15N3O4/c1-4(9)7(13)11-5(8(14)15)2-3-6(10)12/h4-5H,2-3,9H2,1H3,(H2,10,12)(H,11,13)(H,14,15)/t4-,5?/m0/s1. The SMILES string of the molecule is C[C@H](N)C(=O)NC(CCC(N)=O)C(=O)O. The molecular formula is C8H15N3O4. The van der Waals surface area contributed by atoms with Crippen LogP contribution >= 0.6 is 0 Å². The van der Waals surface area contributed by atoms with Gasteiger partial charge < -0.3 is 21.9 Å². The largest absolute Gasteiger partial charge is 0.480 e. The Hall–Kier alpha value is -1.63. The summed E-state index contributed by atoms with van der Waals surface area (Å²) in [6.07, 6.45) is -0.140. The van der Waals surface area contributed by atoms with Crippen molar-refractivity contribution in [1.29, 1.82) is 0 Å². The molecule has 7 heteroatoms. The summed E-state index contributed by atoms with van der Waals surface area (Å²) >= 11 is 0. The second-order valence-corrected chi connectivity index (χ2v) is 3.19. The fourth-order valence-corrected chi connectivity index (χ4v) is 0.847. The van der Waals surface area contributed by atoms with Gasteiger partial charge in [-0.2, -0.15) is 0 Å². The average Bonchev–Trinajstić information content (AvgIpc) is 2.10. The Balaban J connectivity index is 4.22. The zero-order chi connectivity index (χ0) is 12.0. The summed E-state index contributed by atoms with van der Waals surface area (Å²) in [4.78, 5) is 32.2. The van der Waals surface area contributed by atoms with Crippen molar-refractivity contribution >= 4 is 17.8 Å². The molecule has 1 unspecified atom stereocenters. The molecule has 6 N–H and O–H groups in total. The molecule has 0 heterocycles. The lowest BCUT2D eigenvalue weighted by atomic mass is 10.1. The van der Waals surface area contributed by atoms with E-state index in [1.165, 1.54) is 6.92 Å². The smallest absolute Gasteiger partial charge is 0.326 e. The maximum atomic E-state index is 11.1. The number of carbonyl (C=O) groups excluding carboxylic acids is 2. The van der Waals surface area contributed by atoms with Crippen LogP contribution in [0.3, 0.4) is 0 Å². The Bertz CT molecular complexity index is 265. The Kier molecular flexibility index (Phi) is 5.32. The van der Waals surface area contributed by atoms with E-state index in [1.54, 1.807) is 0 Å².